The van der Waals surface area contributed by atoms with E-state index >= 15 is 0 Å². The van der Waals surface area contributed by atoms with Crippen LogP contribution in [0.4, 0.5) is 5.69 Å². The molecule has 4 rings (SSSR count). The van der Waals surface area contributed by atoms with E-state index in [4.69, 9.17) is 9.88 Å². The Hall–Kier alpha value is -3.34. The number of nitrogens with zero attached hydrogens (tertiary/aromatic N) is 2. The van der Waals surface area contributed by atoms with E-state index in [-0.39, 0.29) is 10.8 Å². The molecule has 8 nitrogen and oxygen atoms in total. The van der Waals surface area contributed by atoms with Gasteiger partial charge in [-0.05, 0) is 68.4 Å². The number of hydrogen-bond donors (Lipinski definition) is 2. The lowest BCUT2D eigenvalue weighted by Crippen LogP contribution is -2.22. The second kappa shape index (κ2) is 9.88. The van der Waals surface area contributed by atoms with Gasteiger partial charge in [-0.3, -0.25) is 4.79 Å². The highest BCUT2D eigenvalue weighted by Crippen LogP contribution is 2.29. The molecule has 34 heavy (non-hydrogen) atoms. The van der Waals surface area contributed by atoms with Gasteiger partial charge < -0.3 is 14.6 Å². The quantitative estimate of drug-likeness (QED) is 0.344. The number of primary sulfonamides is 1. The van der Waals surface area contributed by atoms with Crippen molar-refractivity contribution in [3.8, 4) is 11.5 Å². The molecule has 1 heterocycles. The van der Waals surface area contributed by atoms with Crippen LogP contribution >= 0.6 is 11.8 Å². The summed E-state index contributed by atoms with van der Waals surface area (Å²) in [4.78, 5) is 17.3. The molecule has 10 heteroatoms. The van der Waals surface area contributed by atoms with E-state index in [0.717, 1.165) is 11.3 Å². The van der Waals surface area contributed by atoms with Gasteiger partial charge in [0.05, 0.1) is 21.2 Å². The maximum absolute atomic E-state index is 12.8. The van der Waals surface area contributed by atoms with Crippen LogP contribution < -0.4 is 15.2 Å². The second-order valence-corrected chi connectivity index (χ2v) is 10.4. The van der Waals surface area contributed by atoms with Crippen LogP contribution in [0.15, 0.2) is 82.8 Å². The number of carbonyl (C=O) groups excluding carboxylic acids is 1. The molecule has 4 aromatic rings. The standard InChI is InChI=1S/C24H24N4O4S2/c1-3-28-22-14-13-20(34(25,30)31)15-21(22)27-24(28)33-16(2)23(29)26-17-9-11-19(12-10-17)32-18-7-5-4-6-8-18/h4-16H,3H2,1-2H3,(H,26,29)(H2,25,30,31). The van der Waals surface area contributed by atoms with Crippen LogP contribution in [-0.2, 0) is 21.4 Å². The van der Waals surface area contributed by atoms with Gasteiger partial charge in [0.25, 0.3) is 0 Å². The molecule has 0 radical (unpaired) electrons. The zero-order valence-electron chi connectivity index (χ0n) is 18.6. The van der Waals surface area contributed by atoms with Gasteiger partial charge in [0, 0.05) is 12.2 Å². The highest BCUT2D eigenvalue weighted by atomic mass is 32.2. The van der Waals surface area contributed by atoms with Gasteiger partial charge in [-0.15, -0.1) is 0 Å². The molecule has 1 amide bonds. The minimum atomic E-state index is -3.83. The van der Waals surface area contributed by atoms with Crippen molar-refractivity contribution < 1.29 is 17.9 Å². The first kappa shape index (κ1) is 23.8. The Bertz CT molecular complexity index is 1420. The molecule has 0 saturated heterocycles. The minimum absolute atomic E-state index is 0.00258. The summed E-state index contributed by atoms with van der Waals surface area (Å²) in [6.45, 7) is 4.37. The fraction of sp³-hybridized carbons (Fsp3) is 0.167. The van der Waals surface area contributed by atoms with Crippen molar-refractivity contribution in [3.63, 3.8) is 0 Å². The molecule has 3 aromatic carbocycles. The van der Waals surface area contributed by atoms with Crippen LogP contribution in [0.25, 0.3) is 11.0 Å². The Morgan fingerprint density at radius 1 is 1.09 bits per heavy atom. The van der Waals surface area contributed by atoms with E-state index < -0.39 is 15.3 Å². The first-order valence-corrected chi connectivity index (χ1v) is 13.0. The van der Waals surface area contributed by atoms with Crippen molar-refractivity contribution >= 4 is 44.4 Å². The predicted molar refractivity (Wildman–Crippen MR) is 134 cm³/mol. The zero-order valence-corrected chi connectivity index (χ0v) is 20.3. The van der Waals surface area contributed by atoms with Crippen LogP contribution in [0, 0.1) is 0 Å². The van der Waals surface area contributed by atoms with Gasteiger partial charge in [-0.25, -0.2) is 18.5 Å². The number of ether oxygens (including phenoxy) is 1. The average molecular weight is 497 g/mol. The maximum Gasteiger partial charge on any atom is 0.238 e. The molecule has 176 valence electrons. The number of aryl methyl sites for hydroxylation is 1. The van der Waals surface area contributed by atoms with Gasteiger partial charge in [0.1, 0.15) is 11.5 Å². The number of para-hydroxylation sites is 1. The summed E-state index contributed by atoms with van der Waals surface area (Å²) in [7, 11) is -3.83. The van der Waals surface area contributed by atoms with Crippen molar-refractivity contribution in [2.24, 2.45) is 5.14 Å². The van der Waals surface area contributed by atoms with Crippen molar-refractivity contribution in [1.82, 2.24) is 9.55 Å². The number of rotatable bonds is 8. The van der Waals surface area contributed by atoms with Crippen LogP contribution in [0.3, 0.4) is 0 Å². The second-order valence-electron chi connectivity index (χ2n) is 7.52. The largest absolute Gasteiger partial charge is 0.457 e. The first-order valence-electron chi connectivity index (χ1n) is 10.6. The number of anilines is 1. The Labute approximate surface area is 202 Å². The van der Waals surface area contributed by atoms with E-state index in [2.05, 4.69) is 10.3 Å². The normalized spacial score (nSPS) is 12.4. The van der Waals surface area contributed by atoms with Gasteiger partial charge in [0.2, 0.25) is 15.9 Å². The smallest absolute Gasteiger partial charge is 0.238 e. The number of benzene rings is 3. The lowest BCUT2D eigenvalue weighted by molar-refractivity contribution is -0.115. The van der Waals surface area contributed by atoms with Gasteiger partial charge in [0.15, 0.2) is 5.16 Å². The molecule has 0 bridgehead atoms. The van der Waals surface area contributed by atoms with E-state index in [9.17, 15) is 13.2 Å². The van der Waals surface area contributed by atoms with Crippen molar-refractivity contribution in [2.75, 3.05) is 5.32 Å². The number of amides is 1. The number of carbonyl (C=O) groups is 1. The molecule has 0 aliphatic carbocycles. The molecular weight excluding hydrogens is 472 g/mol. The number of fused-ring (bicyclic) bond motifs is 1. The SMILES string of the molecule is CCn1c(SC(C)C(=O)Nc2ccc(Oc3ccccc3)cc2)nc2cc(S(N)(=O)=O)ccc21. The maximum atomic E-state index is 12.8. The summed E-state index contributed by atoms with van der Waals surface area (Å²) in [6, 6.07) is 21.2. The van der Waals surface area contributed by atoms with Crippen LogP contribution in [0.2, 0.25) is 0 Å². The third-order valence-corrected chi connectivity index (χ3v) is 7.08. The van der Waals surface area contributed by atoms with Gasteiger partial charge >= 0.3 is 0 Å². The Kier molecular flexibility index (Phi) is 6.92. The molecule has 1 aromatic heterocycles. The number of imidazole rings is 1. The summed E-state index contributed by atoms with van der Waals surface area (Å²) in [5.74, 6) is 1.23. The number of hydrogen-bond acceptors (Lipinski definition) is 6. The van der Waals surface area contributed by atoms with Crippen molar-refractivity contribution in [2.45, 2.75) is 35.7 Å². The molecule has 3 N–H and O–H groups in total. The molecule has 0 aliphatic heterocycles. The lowest BCUT2D eigenvalue weighted by Gasteiger charge is -2.13. The van der Waals surface area contributed by atoms with Gasteiger partial charge in [-0.2, -0.15) is 0 Å². The van der Waals surface area contributed by atoms with E-state index in [0.29, 0.717) is 28.7 Å². The molecule has 0 aliphatic rings. The average Bonchev–Trinajstić information content (AvgIpc) is 3.16. The summed E-state index contributed by atoms with van der Waals surface area (Å²) < 4.78 is 31.0. The van der Waals surface area contributed by atoms with Crippen molar-refractivity contribution in [3.05, 3.63) is 72.8 Å². The topological polar surface area (TPSA) is 116 Å². The molecule has 0 saturated carbocycles. The van der Waals surface area contributed by atoms with Crippen LogP contribution in [-0.4, -0.2) is 29.1 Å². The molecule has 1 unspecified atom stereocenters. The van der Waals surface area contributed by atoms with Crippen molar-refractivity contribution in [1.29, 1.82) is 0 Å². The van der Waals surface area contributed by atoms with E-state index in [1.54, 1.807) is 37.3 Å². The Morgan fingerprint density at radius 3 is 2.41 bits per heavy atom. The zero-order chi connectivity index (χ0) is 24.3. The first-order chi connectivity index (χ1) is 16.2. The van der Waals surface area contributed by atoms with E-state index in [1.165, 1.54) is 23.9 Å². The number of sulfonamides is 1. The number of aromatic nitrogens is 2. The number of nitrogens with two attached hydrogens (primary N) is 1. The third kappa shape index (κ3) is 5.41. The van der Waals surface area contributed by atoms with Crippen LogP contribution in [0.5, 0.6) is 11.5 Å². The molecular formula is C24H24N4O4S2. The monoisotopic (exact) mass is 496 g/mol. The summed E-state index contributed by atoms with van der Waals surface area (Å²) in [5, 5.41) is 8.32. The molecule has 0 spiro atoms. The predicted octanol–water partition coefficient (Wildman–Crippen LogP) is 4.62. The van der Waals surface area contributed by atoms with Gasteiger partial charge in [-0.1, -0.05) is 30.0 Å². The molecule has 1 atom stereocenters. The lowest BCUT2D eigenvalue weighted by atomic mass is 10.3. The molecule has 0 fully saturated rings. The Morgan fingerprint density at radius 2 is 1.76 bits per heavy atom. The van der Waals surface area contributed by atoms with Crippen LogP contribution in [0.1, 0.15) is 13.8 Å². The minimum Gasteiger partial charge on any atom is -0.457 e. The third-order valence-electron chi connectivity index (χ3n) is 5.08. The highest BCUT2D eigenvalue weighted by molar-refractivity contribution is 8.00. The highest BCUT2D eigenvalue weighted by Gasteiger charge is 2.20. The summed E-state index contributed by atoms with van der Waals surface area (Å²) >= 11 is 1.30. The number of thioether (sulfide) groups is 1. The van der Waals surface area contributed by atoms with E-state index in [1.807, 2.05) is 41.8 Å². The Balaban J connectivity index is 1.45. The fourth-order valence-electron chi connectivity index (χ4n) is 3.35. The fourth-order valence-corrected chi connectivity index (χ4v) is 4.87. The summed E-state index contributed by atoms with van der Waals surface area (Å²) in [6.07, 6.45) is 0. The summed E-state index contributed by atoms with van der Waals surface area (Å²) in [5.41, 5.74) is 1.94. The number of nitrogens with one attached hydrogen (secondary N) is 1.